The quantitative estimate of drug-likeness (QED) is 0.0363. The van der Waals surface area contributed by atoms with E-state index in [1.54, 1.807) is 0 Å². The first-order valence-corrected chi connectivity index (χ1v) is 28.0. The minimum Gasteiger partial charge on any atom is -0.326 e. The molecule has 2 N–H and O–H groups in total. The second kappa shape index (κ2) is 28.0. The summed E-state index contributed by atoms with van der Waals surface area (Å²) in [4.78, 5) is 44.8. The largest absolute Gasteiger partial charge is 0.326 e. The molecular formula is C56H70N4O2S4. The molecule has 2 amide bonds. The zero-order valence-electron chi connectivity index (χ0n) is 39.7. The van der Waals surface area contributed by atoms with Gasteiger partial charge in [0, 0.05) is 75.7 Å². The topological polar surface area (TPSA) is 82.9 Å². The van der Waals surface area contributed by atoms with Gasteiger partial charge in [0.25, 0.3) is 0 Å². The highest BCUT2D eigenvalue weighted by Gasteiger charge is 2.17. The Morgan fingerprint density at radius 1 is 0.439 bits per heavy atom. The van der Waals surface area contributed by atoms with E-state index in [0.29, 0.717) is 12.8 Å². The first-order valence-electron chi connectivity index (χ1n) is 24.7. The monoisotopic (exact) mass is 958 g/mol. The van der Waals surface area contributed by atoms with E-state index in [4.69, 9.17) is 9.98 Å². The molecule has 0 spiro atoms. The molecule has 6 rings (SSSR count). The summed E-state index contributed by atoms with van der Waals surface area (Å²) < 4.78 is 0. The summed E-state index contributed by atoms with van der Waals surface area (Å²) in [5, 5.41) is 6.07. The number of amides is 2. The standard InChI is InChI=1S/C56H70N4O2S4/c1-5-9-13-17-21-41-37-47(39-57-43-25-29-45(30-26-43)59-53(61)23-19-15-11-7-3)63-55(41)51-35-33-49(65-51)50-34-36-52(66-50)56-42(22-18-14-10-6-2)38-48(64-56)40-58-44-27-31-46(32-28-44)60-54(62)24-20-16-12-8-4/h25-40H,5-24H2,1-4H3,(H,59,61)(H,60,62). The predicted octanol–water partition coefficient (Wildman–Crippen LogP) is 18.5. The van der Waals surface area contributed by atoms with Gasteiger partial charge in [-0.05, 0) is 135 Å². The Bertz CT molecular complexity index is 2260. The number of hydrogen-bond acceptors (Lipinski definition) is 8. The van der Waals surface area contributed by atoms with Gasteiger partial charge in [0.1, 0.15) is 0 Å². The van der Waals surface area contributed by atoms with Crippen molar-refractivity contribution in [2.75, 3.05) is 10.6 Å². The fraction of sp³-hybridized carbons (Fsp3) is 0.429. The van der Waals surface area contributed by atoms with Gasteiger partial charge < -0.3 is 10.6 Å². The summed E-state index contributed by atoms with van der Waals surface area (Å²) in [5.74, 6) is 0.154. The molecule has 0 fully saturated rings. The van der Waals surface area contributed by atoms with E-state index in [2.05, 4.69) is 74.7 Å². The minimum atomic E-state index is 0.0771. The average molecular weight is 959 g/mol. The van der Waals surface area contributed by atoms with E-state index in [1.165, 1.54) is 117 Å². The van der Waals surface area contributed by atoms with Gasteiger partial charge in [-0.2, -0.15) is 0 Å². The summed E-state index contributed by atoms with van der Waals surface area (Å²) in [7, 11) is 0. The number of aryl methyl sites for hydroxylation is 2. The van der Waals surface area contributed by atoms with Crippen LogP contribution >= 0.6 is 45.3 Å². The van der Waals surface area contributed by atoms with Crippen LogP contribution in [0, 0.1) is 0 Å². The molecule has 350 valence electrons. The lowest BCUT2D eigenvalue weighted by molar-refractivity contribution is -0.117. The lowest BCUT2D eigenvalue weighted by Gasteiger charge is -2.05. The number of carbonyl (C=O) groups is 2. The zero-order valence-corrected chi connectivity index (χ0v) is 43.0. The molecule has 0 unspecified atom stereocenters. The normalized spacial score (nSPS) is 11.6. The van der Waals surface area contributed by atoms with Crippen molar-refractivity contribution in [1.82, 2.24) is 0 Å². The van der Waals surface area contributed by atoms with Crippen LogP contribution in [0.4, 0.5) is 22.7 Å². The van der Waals surface area contributed by atoms with Crippen LogP contribution in [0.1, 0.15) is 164 Å². The fourth-order valence-corrected chi connectivity index (χ4v) is 12.5. The smallest absolute Gasteiger partial charge is 0.224 e. The van der Waals surface area contributed by atoms with Crippen LogP contribution in [0.25, 0.3) is 29.3 Å². The maximum Gasteiger partial charge on any atom is 0.224 e. The maximum atomic E-state index is 12.4. The lowest BCUT2D eigenvalue weighted by atomic mass is 10.1. The van der Waals surface area contributed by atoms with E-state index < -0.39 is 0 Å². The first kappa shape index (κ1) is 50.9. The summed E-state index contributed by atoms with van der Waals surface area (Å²) in [6.45, 7) is 8.91. The van der Waals surface area contributed by atoms with E-state index >= 15 is 0 Å². The molecular weight excluding hydrogens is 889 g/mol. The highest BCUT2D eigenvalue weighted by molar-refractivity contribution is 7.29. The van der Waals surface area contributed by atoms with Crippen molar-refractivity contribution in [1.29, 1.82) is 0 Å². The van der Waals surface area contributed by atoms with E-state index in [9.17, 15) is 9.59 Å². The third-order valence-electron chi connectivity index (χ3n) is 11.7. The SMILES string of the molecule is CCCCCCC(=O)Nc1ccc(N=Cc2cc(CCCCCC)c(-c3ccc(-c4ccc(-c5sc(C=Nc6ccc(NC(=O)CCCCCC)cc6)cc5CCCCCC)s4)s3)s2)cc1. The number of thiophene rings is 4. The third kappa shape index (κ3) is 16.4. The van der Waals surface area contributed by atoms with Gasteiger partial charge >= 0.3 is 0 Å². The van der Waals surface area contributed by atoms with Gasteiger partial charge in [-0.25, -0.2) is 0 Å². The Morgan fingerprint density at radius 3 is 1.18 bits per heavy atom. The molecule has 0 aliphatic carbocycles. The number of rotatable bonds is 29. The molecule has 6 nitrogen and oxygen atoms in total. The minimum absolute atomic E-state index is 0.0771. The molecule has 0 saturated carbocycles. The van der Waals surface area contributed by atoms with Crippen molar-refractivity contribution < 1.29 is 9.59 Å². The van der Waals surface area contributed by atoms with Gasteiger partial charge in [0.2, 0.25) is 11.8 Å². The first-order chi connectivity index (χ1) is 32.3. The summed E-state index contributed by atoms with van der Waals surface area (Å²) in [6.07, 6.45) is 25.9. The Balaban J connectivity index is 1.14. The van der Waals surface area contributed by atoms with Gasteiger partial charge in [-0.3, -0.25) is 19.6 Å². The Labute approximate surface area is 411 Å². The maximum absolute atomic E-state index is 12.4. The average Bonchev–Trinajstić information content (AvgIpc) is 4.16. The molecule has 0 saturated heterocycles. The number of unbranched alkanes of at least 4 members (excludes halogenated alkanes) is 12. The van der Waals surface area contributed by atoms with Crippen LogP contribution in [0.15, 0.2) is 94.9 Å². The molecule has 0 aliphatic rings. The van der Waals surface area contributed by atoms with Crippen LogP contribution in [-0.2, 0) is 22.4 Å². The second-order valence-electron chi connectivity index (χ2n) is 17.3. The summed E-state index contributed by atoms with van der Waals surface area (Å²) >= 11 is 7.45. The number of nitrogens with one attached hydrogen (secondary N) is 2. The molecule has 10 heteroatoms. The van der Waals surface area contributed by atoms with Crippen LogP contribution in [-0.4, -0.2) is 24.2 Å². The van der Waals surface area contributed by atoms with E-state index in [0.717, 1.165) is 71.0 Å². The molecule has 4 aromatic heterocycles. The molecule has 4 heterocycles. The Morgan fingerprint density at radius 2 is 0.803 bits per heavy atom. The fourth-order valence-electron chi connectivity index (χ4n) is 7.89. The zero-order chi connectivity index (χ0) is 46.4. The van der Waals surface area contributed by atoms with Gasteiger partial charge in [0.05, 0.1) is 11.4 Å². The molecule has 0 bridgehead atoms. The van der Waals surface area contributed by atoms with Crippen LogP contribution < -0.4 is 10.6 Å². The van der Waals surface area contributed by atoms with Crippen molar-refractivity contribution in [3.8, 4) is 29.3 Å². The van der Waals surface area contributed by atoms with Gasteiger partial charge in [0.15, 0.2) is 0 Å². The molecule has 0 aliphatic heterocycles. The number of nitrogens with zero attached hydrogens (tertiary/aromatic N) is 2. The van der Waals surface area contributed by atoms with Gasteiger partial charge in [-0.1, -0.05) is 105 Å². The van der Waals surface area contributed by atoms with E-state index in [1.807, 2.05) is 106 Å². The van der Waals surface area contributed by atoms with Crippen LogP contribution in [0.3, 0.4) is 0 Å². The Kier molecular flexibility index (Phi) is 21.6. The molecule has 6 aromatic rings. The van der Waals surface area contributed by atoms with Crippen molar-refractivity contribution >= 4 is 92.3 Å². The van der Waals surface area contributed by atoms with Crippen LogP contribution in [0.2, 0.25) is 0 Å². The number of hydrogen-bond donors (Lipinski definition) is 2. The highest BCUT2D eigenvalue weighted by atomic mass is 32.1. The van der Waals surface area contributed by atoms with Crippen molar-refractivity contribution in [2.24, 2.45) is 9.98 Å². The van der Waals surface area contributed by atoms with E-state index in [-0.39, 0.29) is 11.8 Å². The van der Waals surface area contributed by atoms with Crippen molar-refractivity contribution in [2.45, 2.75) is 156 Å². The molecule has 0 radical (unpaired) electrons. The number of aliphatic imine (C=N–C) groups is 2. The van der Waals surface area contributed by atoms with Crippen LogP contribution in [0.5, 0.6) is 0 Å². The molecule has 66 heavy (non-hydrogen) atoms. The number of anilines is 2. The van der Waals surface area contributed by atoms with Crippen molar-refractivity contribution in [3.05, 3.63) is 106 Å². The lowest BCUT2D eigenvalue weighted by Crippen LogP contribution is -2.10. The number of benzene rings is 2. The molecule has 0 atom stereocenters. The summed E-state index contributed by atoms with van der Waals surface area (Å²) in [5.41, 5.74) is 6.20. The number of carbonyl (C=O) groups excluding carboxylic acids is 2. The third-order valence-corrected chi connectivity index (χ3v) is 16.6. The molecule has 2 aromatic carbocycles. The Hall–Kier alpha value is -4.48. The summed E-state index contributed by atoms with van der Waals surface area (Å²) in [6, 6.07) is 29.6. The predicted molar refractivity (Wildman–Crippen MR) is 292 cm³/mol. The van der Waals surface area contributed by atoms with Gasteiger partial charge in [-0.15, -0.1) is 45.3 Å². The van der Waals surface area contributed by atoms with Crippen molar-refractivity contribution in [3.63, 3.8) is 0 Å². The second-order valence-corrected chi connectivity index (χ2v) is 21.6. The highest BCUT2D eigenvalue weighted by Crippen LogP contribution is 2.45.